The third-order valence-electron chi connectivity index (χ3n) is 3.47. The molecule has 0 heterocycles. The number of benzene rings is 2. The average Bonchev–Trinajstić information content (AvgIpc) is 2.54. The first kappa shape index (κ1) is 17.9. The van der Waals surface area contributed by atoms with E-state index in [1.807, 2.05) is 0 Å². The van der Waals surface area contributed by atoms with Gasteiger partial charge < -0.3 is 17.2 Å². The quantitative estimate of drug-likeness (QED) is 0.385. The van der Waals surface area contributed by atoms with Crippen LogP contribution in [0.3, 0.4) is 0 Å². The highest BCUT2D eigenvalue weighted by atomic mass is 19.1. The third-order valence-corrected chi connectivity index (χ3v) is 3.47. The zero-order chi connectivity index (χ0) is 18.6. The predicted molar refractivity (Wildman–Crippen MR) is 97.3 cm³/mol. The van der Waals surface area contributed by atoms with Crippen molar-refractivity contribution in [2.75, 3.05) is 0 Å². The van der Waals surface area contributed by atoms with Crippen molar-refractivity contribution in [2.45, 2.75) is 6.92 Å². The summed E-state index contributed by atoms with van der Waals surface area (Å²) in [5.41, 5.74) is 18.1. The lowest BCUT2D eigenvalue weighted by atomic mass is 9.97. The summed E-state index contributed by atoms with van der Waals surface area (Å²) >= 11 is 0. The Hall–Kier alpha value is -3.48. The number of nitrogens with zero attached hydrogens (tertiary/aromatic N) is 1. The molecule has 0 radical (unpaired) electrons. The molecular weight excluding hydrogens is 321 g/mol. The minimum absolute atomic E-state index is 0.0379. The number of aliphatic imine (C=N–C) groups is 1. The summed E-state index contributed by atoms with van der Waals surface area (Å²) in [6.07, 6.45) is 1.63. The second kappa shape index (κ2) is 7.39. The molecule has 0 fully saturated rings. The maximum absolute atomic E-state index is 14.1. The van der Waals surface area contributed by atoms with Gasteiger partial charge in [0.2, 0.25) is 0 Å². The van der Waals surface area contributed by atoms with Crippen molar-refractivity contribution in [3.8, 4) is 11.1 Å². The van der Waals surface area contributed by atoms with E-state index in [1.54, 1.807) is 43.3 Å². The molecule has 0 saturated heterocycles. The van der Waals surface area contributed by atoms with Crippen LogP contribution in [0.1, 0.15) is 18.1 Å². The summed E-state index contributed by atoms with van der Waals surface area (Å²) in [5.74, 6) is -1.78. The molecule has 6 nitrogen and oxygen atoms in total. The lowest BCUT2D eigenvalue weighted by Gasteiger charge is -2.09. The van der Waals surface area contributed by atoms with Crippen LogP contribution in [0.25, 0.3) is 17.2 Å². The molecule has 0 aromatic heterocycles. The number of nitrogen functional groups attached to an aromatic ring is 1. The molecule has 7 N–H and O–H groups in total. The maximum atomic E-state index is 14.1. The van der Waals surface area contributed by atoms with E-state index in [1.165, 1.54) is 12.1 Å². The van der Waals surface area contributed by atoms with Crippen LogP contribution in [0.5, 0.6) is 0 Å². The maximum Gasteiger partial charge on any atom is 0.275 e. The fourth-order valence-corrected chi connectivity index (χ4v) is 2.29. The topological polar surface area (TPSA) is 131 Å². The summed E-state index contributed by atoms with van der Waals surface area (Å²) in [6, 6.07) is 11.6. The van der Waals surface area contributed by atoms with E-state index < -0.39 is 11.7 Å². The lowest BCUT2D eigenvalue weighted by Crippen LogP contribution is -2.24. The average molecular weight is 339 g/mol. The highest BCUT2D eigenvalue weighted by Gasteiger charge is 2.10. The number of amidine groups is 1. The van der Waals surface area contributed by atoms with Crippen molar-refractivity contribution in [1.82, 2.24) is 0 Å². The molecule has 128 valence electrons. The number of nitrogens with one attached hydrogen (secondary N) is 1. The van der Waals surface area contributed by atoms with Gasteiger partial charge in [0.25, 0.3) is 5.91 Å². The van der Waals surface area contributed by atoms with E-state index in [0.717, 1.165) is 0 Å². The zero-order valence-corrected chi connectivity index (χ0v) is 13.6. The number of carbonyl (C=O) groups excluding carboxylic acids is 1. The lowest BCUT2D eigenvalue weighted by molar-refractivity contribution is -0.114. The van der Waals surface area contributed by atoms with Gasteiger partial charge in [-0.05, 0) is 41.8 Å². The van der Waals surface area contributed by atoms with Crippen molar-refractivity contribution in [3.63, 3.8) is 0 Å². The van der Waals surface area contributed by atoms with Crippen LogP contribution in [0.2, 0.25) is 0 Å². The first-order valence-corrected chi connectivity index (χ1v) is 7.35. The summed E-state index contributed by atoms with van der Waals surface area (Å²) in [7, 11) is 0. The molecule has 0 aliphatic rings. The van der Waals surface area contributed by atoms with E-state index in [-0.39, 0.29) is 17.4 Å². The third kappa shape index (κ3) is 4.29. The minimum atomic E-state index is -0.586. The first-order chi connectivity index (χ1) is 11.8. The molecule has 2 aromatic carbocycles. The molecule has 2 rings (SSSR count). The van der Waals surface area contributed by atoms with Crippen LogP contribution in [0.4, 0.5) is 4.39 Å². The molecule has 0 unspecified atom stereocenters. The van der Waals surface area contributed by atoms with Gasteiger partial charge in [0.05, 0.1) is 5.56 Å². The van der Waals surface area contributed by atoms with Crippen molar-refractivity contribution in [3.05, 3.63) is 65.0 Å². The number of carbonyl (C=O) groups is 1. The Morgan fingerprint density at radius 1 is 1.16 bits per heavy atom. The molecule has 2 aromatic rings. The Balaban J connectivity index is 2.49. The summed E-state index contributed by atoms with van der Waals surface area (Å²) in [4.78, 5) is 15.4. The van der Waals surface area contributed by atoms with Crippen LogP contribution in [0, 0.1) is 11.2 Å². The van der Waals surface area contributed by atoms with Crippen molar-refractivity contribution >= 4 is 23.8 Å². The molecule has 0 saturated carbocycles. The molecule has 0 aliphatic heterocycles. The highest BCUT2D eigenvalue weighted by molar-refractivity contribution is 6.04. The number of nitrogens with two attached hydrogens (primary N) is 3. The number of halogens is 1. The van der Waals surface area contributed by atoms with Gasteiger partial charge in [0, 0.05) is 5.57 Å². The molecule has 7 heteroatoms. The normalized spacial score (nSPS) is 11.0. The largest absolute Gasteiger partial charge is 0.384 e. The molecule has 0 aliphatic carbocycles. The van der Waals surface area contributed by atoms with Crippen LogP contribution in [0.15, 0.2) is 53.0 Å². The van der Waals surface area contributed by atoms with E-state index >= 15 is 0 Å². The second-order valence-corrected chi connectivity index (χ2v) is 5.36. The fraction of sp³-hybridized carbons (Fsp3) is 0.0556. The van der Waals surface area contributed by atoms with Gasteiger partial charge in [0.1, 0.15) is 11.7 Å². The van der Waals surface area contributed by atoms with Gasteiger partial charge in [-0.25, -0.2) is 4.39 Å². The Kier molecular flexibility index (Phi) is 5.28. The van der Waals surface area contributed by atoms with Crippen molar-refractivity contribution < 1.29 is 9.18 Å². The Morgan fingerprint density at radius 2 is 1.84 bits per heavy atom. The van der Waals surface area contributed by atoms with E-state index in [9.17, 15) is 9.18 Å². The second-order valence-electron chi connectivity index (χ2n) is 5.36. The SMILES string of the molecule is CC(=Cc1ccccc1-c1ccc(C(=N)N)c(F)c1)C(=O)N=C(N)N. The Bertz CT molecular complexity index is 898. The van der Waals surface area contributed by atoms with Gasteiger partial charge in [0.15, 0.2) is 5.96 Å². The monoisotopic (exact) mass is 339 g/mol. The van der Waals surface area contributed by atoms with Gasteiger partial charge in [-0.3, -0.25) is 10.2 Å². The standard InChI is InChI=1S/C18H18FN5O/c1-10(17(25)24-18(22)23)8-11-4-2-3-5-13(11)12-6-7-14(16(20)21)15(19)9-12/h2-9H,1H3,(H3,20,21)(H4,22,23,24,25). The number of rotatable bonds is 4. The van der Waals surface area contributed by atoms with Crippen LogP contribution in [-0.4, -0.2) is 17.7 Å². The van der Waals surface area contributed by atoms with Gasteiger partial charge in [-0.2, -0.15) is 4.99 Å². The van der Waals surface area contributed by atoms with E-state index in [4.69, 9.17) is 22.6 Å². The Morgan fingerprint density at radius 3 is 2.44 bits per heavy atom. The summed E-state index contributed by atoms with van der Waals surface area (Å²) < 4.78 is 14.1. The van der Waals surface area contributed by atoms with Crippen LogP contribution < -0.4 is 17.2 Å². The molecular formula is C18H18FN5O. The van der Waals surface area contributed by atoms with Gasteiger partial charge >= 0.3 is 0 Å². The molecule has 1 amide bonds. The Labute approximate surface area is 144 Å². The fourth-order valence-electron chi connectivity index (χ4n) is 2.29. The smallest absolute Gasteiger partial charge is 0.275 e. The molecule has 25 heavy (non-hydrogen) atoms. The number of hydrogen-bond donors (Lipinski definition) is 4. The van der Waals surface area contributed by atoms with Crippen molar-refractivity contribution in [2.24, 2.45) is 22.2 Å². The van der Waals surface area contributed by atoms with Crippen LogP contribution in [-0.2, 0) is 4.79 Å². The molecule has 0 bridgehead atoms. The molecule has 0 spiro atoms. The highest BCUT2D eigenvalue weighted by Crippen LogP contribution is 2.27. The number of hydrogen-bond acceptors (Lipinski definition) is 2. The number of amides is 1. The summed E-state index contributed by atoms with van der Waals surface area (Å²) in [6.45, 7) is 1.59. The zero-order valence-electron chi connectivity index (χ0n) is 13.6. The predicted octanol–water partition coefficient (Wildman–Crippen LogP) is 1.98. The van der Waals surface area contributed by atoms with Crippen molar-refractivity contribution in [1.29, 1.82) is 5.41 Å². The summed E-state index contributed by atoms with van der Waals surface area (Å²) in [5, 5.41) is 7.35. The van der Waals surface area contributed by atoms with E-state index in [0.29, 0.717) is 22.3 Å². The van der Waals surface area contributed by atoms with Crippen LogP contribution >= 0.6 is 0 Å². The van der Waals surface area contributed by atoms with Gasteiger partial charge in [-0.1, -0.05) is 30.3 Å². The first-order valence-electron chi connectivity index (χ1n) is 7.35. The number of guanidine groups is 1. The molecule has 0 atom stereocenters. The van der Waals surface area contributed by atoms with Gasteiger partial charge in [-0.15, -0.1) is 0 Å². The minimum Gasteiger partial charge on any atom is -0.384 e. The van der Waals surface area contributed by atoms with E-state index in [2.05, 4.69) is 4.99 Å².